The van der Waals surface area contributed by atoms with Crippen molar-refractivity contribution < 1.29 is 14.4 Å². The van der Waals surface area contributed by atoms with Crippen LogP contribution in [0.4, 0.5) is 0 Å². The van der Waals surface area contributed by atoms with Gasteiger partial charge in [0.1, 0.15) is 0 Å². The van der Waals surface area contributed by atoms with Crippen LogP contribution in [0.1, 0.15) is 70.4 Å². The molecule has 162 valence electrons. The van der Waals surface area contributed by atoms with Gasteiger partial charge in [0.2, 0.25) is 5.91 Å². The predicted molar refractivity (Wildman–Crippen MR) is 120 cm³/mol. The minimum atomic E-state index is -0.0685. The zero-order chi connectivity index (χ0) is 21.6. The Morgan fingerprint density at radius 1 is 0.839 bits per heavy atom. The van der Waals surface area contributed by atoms with Gasteiger partial charge >= 0.3 is 0 Å². The molecule has 5 heteroatoms. The van der Waals surface area contributed by atoms with E-state index in [2.05, 4.69) is 11.4 Å². The molecule has 1 saturated heterocycles. The number of hydrogen-bond donors (Lipinski definition) is 1. The third-order valence-corrected chi connectivity index (χ3v) is 6.46. The van der Waals surface area contributed by atoms with Crippen LogP contribution >= 0.6 is 0 Å². The highest BCUT2D eigenvalue weighted by Gasteiger charge is 2.24. The number of benzene rings is 2. The fraction of sp³-hybridized carbons (Fsp3) is 0.423. The van der Waals surface area contributed by atoms with Gasteiger partial charge in [0.25, 0.3) is 5.91 Å². The third kappa shape index (κ3) is 5.40. The van der Waals surface area contributed by atoms with Crippen LogP contribution in [0.15, 0.2) is 48.5 Å². The van der Waals surface area contributed by atoms with Crippen molar-refractivity contribution in [1.29, 1.82) is 0 Å². The quantitative estimate of drug-likeness (QED) is 0.723. The second kappa shape index (κ2) is 9.90. The number of nitrogens with zero attached hydrogens (tertiary/aromatic N) is 1. The average Bonchev–Trinajstić information content (AvgIpc) is 2.83. The maximum absolute atomic E-state index is 12.6. The maximum atomic E-state index is 12.6. The molecule has 1 fully saturated rings. The summed E-state index contributed by atoms with van der Waals surface area (Å²) in [6.45, 7) is 1.23. The summed E-state index contributed by atoms with van der Waals surface area (Å²) in [5.41, 5.74) is 4.04. The summed E-state index contributed by atoms with van der Waals surface area (Å²) in [4.78, 5) is 39.3. The topological polar surface area (TPSA) is 66.5 Å². The molecule has 0 spiro atoms. The standard InChI is InChI=1S/C26H30N2O3/c29-24(22-11-10-19-6-4-5-9-21(19)18-22)12-13-25(30)28-16-14-23(15-17-28)27-26(31)20-7-2-1-3-8-20/h1-3,7-8,10-11,18,23H,4-6,9,12-17H2,(H,27,31). The summed E-state index contributed by atoms with van der Waals surface area (Å²) >= 11 is 0. The van der Waals surface area contributed by atoms with E-state index in [-0.39, 0.29) is 36.5 Å². The molecular formula is C26H30N2O3. The Balaban J connectivity index is 1.22. The van der Waals surface area contributed by atoms with Gasteiger partial charge in [-0.25, -0.2) is 0 Å². The predicted octanol–water partition coefficient (Wildman–Crippen LogP) is 3.95. The van der Waals surface area contributed by atoms with Crippen molar-refractivity contribution >= 4 is 17.6 Å². The van der Waals surface area contributed by atoms with E-state index in [1.807, 2.05) is 35.2 Å². The van der Waals surface area contributed by atoms with Crippen LogP contribution in [0.2, 0.25) is 0 Å². The van der Waals surface area contributed by atoms with E-state index in [0.717, 1.165) is 31.2 Å². The van der Waals surface area contributed by atoms with E-state index in [9.17, 15) is 14.4 Å². The number of fused-ring (bicyclic) bond motifs is 1. The smallest absolute Gasteiger partial charge is 0.251 e. The van der Waals surface area contributed by atoms with Gasteiger partial charge in [-0.3, -0.25) is 14.4 Å². The van der Waals surface area contributed by atoms with Gasteiger partial charge in [0.05, 0.1) is 0 Å². The van der Waals surface area contributed by atoms with Crippen molar-refractivity contribution in [3.05, 3.63) is 70.8 Å². The molecule has 31 heavy (non-hydrogen) atoms. The molecule has 4 rings (SSSR count). The zero-order valence-electron chi connectivity index (χ0n) is 17.9. The van der Waals surface area contributed by atoms with Crippen LogP contribution in [0.5, 0.6) is 0 Å². The molecule has 0 aromatic heterocycles. The number of carbonyl (C=O) groups excluding carboxylic acids is 3. The molecule has 0 unspecified atom stereocenters. The average molecular weight is 419 g/mol. The molecule has 2 aromatic rings. The van der Waals surface area contributed by atoms with Crippen LogP contribution in [-0.2, 0) is 17.6 Å². The summed E-state index contributed by atoms with van der Waals surface area (Å²) in [5, 5.41) is 3.06. The molecule has 5 nitrogen and oxygen atoms in total. The minimum absolute atomic E-state index is 0.0270. The summed E-state index contributed by atoms with van der Waals surface area (Å²) in [7, 11) is 0. The van der Waals surface area contributed by atoms with Gasteiger partial charge in [0.15, 0.2) is 5.78 Å². The number of aryl methyl sites for hydroxylation is 2. The van der Waals surface area contributed by atoms with Crippen molar-refractivity contribution in [1.82, 2.24) is 10.2 Å². The number of rotatable bonds is 6. The lowest BCUT2D eigenvalue weighted by molar-refractivity contribution is -0.132. The van der Waals surface area contributed by atoms with Gasteiger partial charge in [-0.2, -0.15) is 0 Å². The Bertz CT molecular complexity index is 946. The molecule has 2 aromatic carbocycles. The Kier molecular flexibility index (Phi) is 6.80. The first-order chi connectivity index (χ1) is 15.1. The van der Waals surface area contributed by atoms with Gasteiger partial charge in [0, 0.05) is 43.1 Å². The number of carbonyl (C=O) groups is 3. The lowest BCUT2D eigenvalue weighted by Gasteiger charge is -2.32. The minimum Gasteiger partial charge on any atom is -0.349 e. The Morgan fingerprint density at radius 2 is 1.55 bits per heavy atom. The second-order valence-corrected chi connectivity index (χ2v) is 8.61. The van der Waals surface area contributed by atoms with Crippen LogP contribution < -0.4 is 5.32 Å². The fourth-order valence-corrected chi connectivity index (χ4v) is 4.56. The zero-order valence-corrected chi connectivity index (χ0v) is 17.9. The molecule has 2 aliphatic rings. The van der Waals surface area contributed by atoms with Crippen LogP contribution in [0.3, 0.4) is 0 Å². The molecule has 1 aliphatic carbocycles. The van der Waals surface area contributed by atoms with E-state index in [1.165, 1.54) is 24.0 Å². The summed E-state index contributed by atoms with van der Waals surface area (Å²) in [5.74, 6) is 0.00639. The van der Waals surface area contributed by atoms with Gasteiger partial charge in [-0.15, -0.1) is 0 Å². The number of amides is 2. The maximum Gasteiger partial charge on any atom is 0.251 e. The van der Waals surface area contributed by atoms with Crippen molar-refractivity contribution in [2.75, 3.05) is 13.1 Å². The molecule has 0 saturated carbocycles. The fourth-order valence-electron chi connectivity index (χ4n) is 4.56. The lowest BCUT2D eigenvalue weighted by Crippen LogP contribution is -2.46. The Hall–Kier alpha value is -2.95. The number of ketones is 1. The Labute approximate surface area is 183 Å². The molecule has 1 heterocycles. The third-order valence-electron chi connectivity index (χ3n) is 6.46. The summed E-state index contributed by atoms with van der Waals surface area (Å²) in [6, 6.07) is 15.3. The van der Waals surface area contributed by atoms with Crippen molar-refractivity contribution in [2.24, 2.45) is 0 Å². The molecule has 0 atom stereocenters. The van der Waals surface area contributed by atoms with Crippen molar-refractivity contribution in [2.45, 2.75) is 57.4 Å². The van der Waals surface area contributed by atoms with Crippen LogP contribution in [0, 0.1) is 0 Å². The number of Topliss-reactive ketones (excluding diaryl/α,β-unsaturated/α-hetero) is 1. The molecule has 0 radical (unpaired) electrons. The van der Waals surface area contributed by atoms with E-state index >= 15 is 0 Å². The highest BCUT2D eigenvalue weighted by Crippen LogP contribution is 2.23. The first-order valence-corrected chi connectivity index (χ1v) is 11.4. The lowest BCUT2D eigenvalue weighted by atomic mass is 9.89. The van der Waals surface area contributed by atoms with Crippen molar-refractivity contribution in [3.8, 4) is 0 Å². The summed E-state index contributed by atoms with van der Waals surface area (Å²) < 4.78 is 0. The molecule has 2 amide bonds. The first kappa shape index (κ1) is 21.3. The largest absolute Gasteiger partial charge is 0.349 e. The number of piperidine rings is 1. The van der Waals surface area contributed by atoms with Gasteiger partial charge in [-0.05, 0) is 67.9 Å². The first-order valence-electron chi connectivity index (χ1n) is 11.4. The van der Waals surface area contributed by atoms with Crippen LogP contribution in [-0.4, -0.2) is 41.6 Å². The van der Waals surface area contributed by atoms with E-state index in [1.54, 1.807) is 12.1 Å². The number of likely N-dealkylation sites (tertiary alicyclic amines) is 1. The molecular weight excluding hydrogens is 388 g/mol. The van der Waals surface area contributed by atoms with E-state index < -0.39 is 0 Å². The normalized spacial score (nSPS) is 16.5. The molecule has 1 N–H and O–H groups in total. The number of hydrogen-bond acceptors (Lipinski definition) is 3. The van der Waals surface area contributed by atoms with E-state index in [4.69, 9.17) is 0 Å². The second-order valence-electron chi connectivity index (χ2n) is 8.61. The number of nitrogens with one attached hydrogen (secondary N) is 1. The van der Waals surface area contributed by atoms with E-state index in [0.29, 0.717) is 18.7 Å². The summed E-state index contributed by atoms with van der Waals surface area (Å²) in [6.07, 6.45) is 6.53. The monoisotopic (exact) mass is 418 g/mol. The molecule has 1 aliphatic heterocycles. The van der Waals surface area contributed by atoms with Gasteiger partial charge < -0.3 is 10.2 Å². The molecule has 0 bridgehead atoms. The highest BCUT2D eigenvalue weighted by molar-refractivity contribution is 5.98. The SMILES string of the molecule is O=C(CCC(=O)N1CCC(NC(=O)c2ccccc2)CC1)c1ccc2c(c1)CCCC2. The van der Waals surface area contributed by atoms with Gasteiger partial charge in [-0.1, -0.05) is 30.3 Å². The Morgan fingerprint density at radius 3 is 2.29 bits per heavy atom. The van der Waals surface area contributed by atoms with Crippen LogP contribution in [0.25, 0.3) is 0 Å². The highest BCUT2D eigenvalue weighted by atomic mass is 16.2. The van der Waals surface area contributed by atoms with Crippen molar-refractivity contribution in [3.63, 3.8) is 0 Å².